The number of rotatable bonds is 5. The second kappa shape index (κ2) is 11.1. The number of hydrogen-bond acceptors (Lipinski definition) is 6. The number of aromatic nitrogens is 2. The molecule has 4 heterocycles. The van der Waals surface area contributed by atoms with Crippen molar-refractivity contribution >= 4 is 57.8 Å². The second-order valence-electron chi connectivity index (χ2n) is 9.23. The van der Waals surface area contributed by atoms with Crippen molar-refractivity contribution in [2.75, 3.05) is 13.1 Å². The zero-order valence-corrected chi connectivity index (χ0v) is 23.1. The van der Waals surface area contributed by atoms with E-state index >= 15 is 0 Å². The van der Waals surface area contributed by atoms with Crippen LogP contribution in [-0.2, 0) is 22.4 Å². The van der Waals surface area contributed by atoms with Crippen LogP contribution in [0, 0.1) is 0 Å². The first-order valence-electron chi connectivity index (χ1n) is 11.9. The first-order valence-corrected chi connectivity index (χ1v) is 13.9. The Morgan fingerprint density at radius 3 is 2.62 bits per heavy atom. The van der Waals surface area contributed by atoms with Gasteiger partial charge < -0.3 is 14.3 Å². The van der Waals surface area contributed by atoms with Gasteiger partial charge >= 0.3 is 6.18 Å². The molecule has 206 valence electrons. The van der Waals surface area contributed by atoms with Gasteiger partial charge in [-0.25, -0.2) is 4.98 Å². The number of carbonyl (C=O) groups excluding carboxylic acids is 1. The Labute approximate surface area is 239 Å². The van der Waals surface area contributed by atoms with Crippen LogP contribution in [-0.4, -0.2) is 39.2 Å². The molecule has 14 heteroatoms. The number of alkyl halides is 3. The van der Waals surface area contributed by atoms with E-state index in [1.165, 1.54) is 11.3 Å². The lowest BCUT2D eigenvalue weighted by atomic mass is 9.97. The van der Waals surface area contributed by atoms with Crippen molar-refractivity contribution < 1.29 is 22.8 Å². The summed E-state index contributed by atoms with van der Waals surface area (Å²) < 4.78 is 39.8. The fourth-order valence-corrected chi connectivity index (χ4v) is 6.30. The number of oxime groups is 1. The van der Waals surface area contributed by atoms with E-state index in [0.29, 0.717) is 76.7 Å². The number of benzene rings is 1. The molecule has 5 rings (SSSR count). The summed E-state index contributed by atoms with van der Waals surface area (Å²) in [5, 5.41) is 8.14. The lowest BCUT2D eigenvalue weighted by molar-refractivity contribution is -0.139. The van der Waals surface area contributed by atoms with Gasteiger partial charge in [-0.2, -0.15) is 13.2 Å². The molecule has 1 saturated heterocycles. The third-order valence-corrected chi connectivity index (χ3v) is 8.71. The molecule has 0 N–H and O–H groups in total. The Kier molecular flexibility index (Phi) is 7.96. The normalized spacial score (nSPS) is 18.3. The number of pyridine rings is 1. The average Bonchev–Trinajstić information content (AvgIpc) is 3.57. The van der Waals surface area contributed by atoms with Crippen molar-refractivity contribution in [2.24, 2.45) is 5.16 Å². The molecule has 1 atom stereocenters. The van der Waals surface area contributed by atoms with E-state index in [-0.39, 0.29) is 5.92 Å². The first-order chi connectivity index (χ1) is 18.5. The number of nitrogens with zero attached hydrogens (tertiary/aromatic N) is 4. The molecule has 1 aromatic carbocycles. The minimum Gasteiger partial charge on any atom is -0.387 e. The lowest BCUT2D eigenvalue weighted by Gasteiger charge is -2.31. The number of amides is 1. The molecule has 2 aliphatic rings. The van der Waals surface area contributed by atoms with E-state index in [2.05, 4.69) is 5.16 Å². The van der Waals surface area contributed by atoms with Crippen molar-refractivity contribution in [3.63, 3.8) is 0 Å². The molecule has 2 aromatic heterocycles. The van der Waals surface area contributed by atoms with Crippen molar-refractivity contribution in [1.82, 2.24) is 14.5 Å². The Balaban J connectivity index is 1.18. The van der Waals surface area contributed by atoms with E-state index < -0.39 is 35.9 Å². The monoisotopic (exact) mass is 618 g/mol. The molecule has 39 heavy (non-hydrogen) atoms. The number of thiazole rings is 1. The standard InChI is InChI=1S/C25H20Cl3F3N4O3S/c26-15-7-16(23(28)17(27)8-15)20-9-18(33-38-20)19-12-39-24(32-19)13-3-5-34(6-4-13)22(37)11-35-10-14(25(29,30)31)1-2-21(35)36/h1-2,7-8,10,12-13,20H,3-6,9,11H2. The Bertz CT molecular complexity index is 1500. The van der Waals surface area contributed by atoms with Crippen molar-refractivity contribution in [2.45, 2.75) is 44.0 Å². The number of hydrogen-bond donors (Lipinski definition) is 0. The molecule has 7 nitrogen and oxygen atoms in total. The van der Waals surface area contributed by atoms with Gasteiger partial charge in [0.2, 0.25) is 5.91 Å². The molecule has 0 aliphatic carbocycles. The molecular weight excluding hydrogens is 600 g/mol. The van der Waals surface area contributed by atoms with Crippen LogP contribution in [0.15, 0.2) is 45.8 Å². The molecule has 0 bridgehead atoms. The number of likely N-dealkylation sites (tertiary alicyclic amines) is 1. The van der Waals surface area contributed by atoms with Gasteiger partial charge in [0.05, 0.1) is 26.3 Å². The predicted octanol–water partition coefficient (Wildman–Crippen LogP) is 6.56. The molecule has 3 aromatic rings. The van der Waals surface area contributed by atoms with Crippen LogP contribution >= 0.6 is 46.1 Å². The zero-order valence-electron chi connectivity index (χ0n) is 20.1. The maximum Gasteiger partial charge on any atom is 0.417 e. The van der Waals surface area contributed by atoms with Gasteiger partial charge in [0.15, 0.2) is 6.10 Å². The van der Waals surface area contributed by atoms with Gasteiger partial charge in [0.25, 0.3) is 5.56 Å². The van der Waals surface area contributed by atoms with E-state index in [4.69, 9.17) is 44.6 Å². The Morgan fingerprint density at radius 1 is 1.15 bits per heavy atom. The molecule has 2 aliphatic heterocycles. The number of piperidine rings is 1. The summed E-state index contributed by atoms with van der Waals surface area (Å²) in [7, 11) is 0. The van der Waals surface area contributed by atoms with Gasteiger partial charge in [0, 0.05) is 53.7 Å². The van der Waals surface area contributed by atoms with Crippen LogP contribution in [0.1, 0.15) is 53.1 Å². The highest BCUT2D eigenvalue weighted by atomic mass is 35.5. The topological polar surface area (TPSA) is 76.8 Å². The quantitative estimate of drug-likeness (QED) is 0.303. The average molecular weight is 620 g/mol. The zero-order chi connectivity index (χ0) is 27.9. The van der Waals surface area contributed by atoms with Gasteiger partial charge in [-0.05, 0) is 31.0 Å². The summed E-state index contributed by atoms with van der Waals surface area (Å²) in [4.78, 5) is 36.6. The fourth-order valence-electron chi connectivity index (χ4n) is 4.56. The van der Waals surface area contributed by atoms with Gasteiger partial charge in [-0.1, -0.05) is 40.0 Å². The summed E-state index contributed by atoms with van der Waals surface area (Å²) in [6.07, 6.45) is -2.64. The van der Waals surface area contributed by atoms with Gasteiger partial charge in [-0.3, -0.25) is 9.59 Å². The van der Waals surface area contributed by atoms with Crippen LogP contribution in [0.2, 0.25) is 15.1 Å². The Hall–Kier alpha value is -2.60. The van der Waals surface area contributed by atoms with Gasteiger partial charge in [-0.15, -0.1) is 11.3 Å². The van der Waals surface area contributed by atoms with Crippen LogP contribution in [0.3, 0.4) is 0 Å². The van der Waals surface area contributed by atoms with Crippen molar-refractivity contribution in [1.29, 1.82) is 0 Å². The Morgan fingerprint density at radius 2 is 1.90 bits per heavy atom. The highest BCUT2D eigenvalue weighted by molar-refractivity contribution is 7.10. The minimum atomic E-state index is -4.60. The predicted molar refractivity (Wildman–Crippen MR) is 143 cm³/mol. The summed E-state index contributed by atoms with van der Waals surface area (Å²) >= 11 is 20.1. The molecule has 1 unspecified atom stereocenters. The third kappa shape index (κ3) is 6.11. The summed E-state index contributed by atoms with van der Waals surface area (Å²) in [5.74, 6) is -0.290. The number of halogens is 6. The van der Waals surface area contributed by atoms with Crippen molar-refractivity contribution in [3.05, 3.63) is 83.1 Å². The second-order valence-corrected chi connectivity index (χ2v) is 11.3. The van der Waals surface area contributed by atoms with E-state index in [0.717, 1.165) is 15.6 Å². The van der Waals surface area contributed by atoms with Crippen LogP contribution in [0.25, 0.3) is 0 Å². The molecular formula is C25H20Cl3F3N4O3S. The minimum absolute atomic E-state index is 0.115. The fraction of sp³-hybridized carbons (Fsp3) is 0.360. The molecule has 1 amide bonds. The van der Waals surface area contributed by atoms with Gasteiger partial charge in [0.1, 0.15) is 12.3 Å². The first kappa shape index (κ1) is 27.9. The molecule has 0 radical (unpaired) electrons. The number of carbonyl (C=O) groups is 1. The summed E-state index contributed by atoms with van der Waals surface area (Å²) in [6, 6.07) is 4.79. The molecule has 0 spiro atoms. The van der Waals surface area contributed by atoms with E-state index in [1.807, 2.05) is 5.38 Å². The highest BCUT2D eigenvalue weighted by Crippen LogP contribution is 2.39. The van der Waals surface area contributed by atoms with Crippen LogP contribution in [0.5, 0.6) is 0 Å². The van der Waals surface area contributed by atoms with Crippen LogP contribution in [0.4, 0.5) is 13.2 Å². The molecule has 1 fully saturated rings. The maximum atomic E-state index is 13.0. The smallest absolute Gasteiger partial charge is 0.387 e. The SMILES string of the molecule is O=C(Cn1cc(C(F)(F)F)ccc1=O)N1CCC(c2nc(C3=NOC(c4cc(Cl)cc(Cl)c4Cl)C3)cs2)CC1. The lowest BCUT2D eigenvalue weighted by Crippen LogP contribution is -2.41. The highest BCUT2D eigenvalue weighted by Gasteiger charge is 2.32. The summed E-state index contributed by atoms with van der Waals surface area (Å²) in [6.45, 7) is 0.371. The summed E-state index contributed by atoms with van der Waals surface area (Å²) in [5.41, 5.74) is 0.380. The van der Waals surface area contributed by atoms with E-state index in [9.17, 15) is 22.8 Å². The molecule has 0 saturated carbocycles. The van der Waals surface area contributed by atoms with Crippen LogP contribution < -0.4 is 5.56 Å². The third-order valence-electron chi connectivity index (χ3n) is 6.67. The largest absolute Gasteiger partial charge is 0.417 e. The van der Waals surface area contributed by atoms with Crippen molar-refractivity contribution in [3.8, 4) is 0 Å². The van der Waals surface area contributed by atoms with E-state index in [1.54, 1.807) is 17.0 Å². The maximum absolute atomic E-state index is 13.0.